The molecule has 7 nitrogen and oxygen atoms in total. The van der Waals surface area contributed by atoms with Crippen molar-refractivity contribution in [3.63, 3.8) is 0 Å². The number of rotatable bonds is 6. The SMILES string of the molecule is COCCC(=O)N1CCN(c2nc(C3CC3)c(-c3cccc(N)c3)cc2C#N)CC1C. The first-order chi connectivity index (χ1) is 15.0. The summed E-state index contributed by atoms with van der Waals surface area (Å²) >= 11 is 0. The van der Waals surface area contributed by atoms with Crippen LogP contribution in [0.1, 0.15) is 43.4 Å². The van der Waals surface area contributed by atoms with E-state index in [1.54, 1.807) is 7.11 Å². The molecule has 31 heavy (non-hydrogen) atoms. The minimum Gasteiger partial charge on any atom is -0.399 e. The van der Waals surface area contributed by atoms with Gasteiger partial charge >= 0.3 is 0 Å². The highest BCUT2D eigenvalue weighted by Gasteiger charge is 2.33. The number of nitriles is 1. The molecule has 1 aliphatic carbocycles. The molecule has 1 unspecified atom stereocenters. The lowest BCUT2D eigenvalue weighted by Gasteiger charge is -2.41. The average molecular weight is 420 g/mol. The van der Waals surface area contributed by atoms with Crippen LogP contribution < -0.4 is 10.6 Å². The van der Waals surface area contributed by atoms with E-state index in [1.807, 2.05) is 42.2 Å². The lowest BCUT2D eigenvalue weighted by molar-refractivity contribution is -0.134. The highest BCUT2D eigenvalue weighted by molar-refractivity contribution is 5.77. The van der Waals surface area contributed by atoms with Crippen LogP contribution >= 0.6 is 0 Å². The molecule has 1 aromatic heterocycles. The van der Waals surface area contributed by atoms with Crippen LogP contribution in [0.4, 0.5) is 11.5 Å². The number of anilines is 2. The van der Waals surface area contributed by atoms with Crippen LogP contribution in [0.15, 0.2) is 30.3 Å². The van der Waals surface area contributed by atoms with Crippen molar-refractivity contribution in [2.75, 3.05) is 44.0 Å². The van der Waals surface area contributed by atoms with Crippen molar-refractivity contribution in [1.82, 2.24) is 9.88 Å². The van der Waals surface area contributed by atoms with Crippen LogP contribution in [0.5, 0.6) is 0 Å². The van der Waals surface area contributed by atoms with E-state index in [9.17, 15) is 10.1 Å². The summed E-state index contributed by atoms with van der Waals surface area (Å²) in [7, 11) is 1.61. The number of aromatic nitrogens is 1. The van der Waals surface area contributed by atoms with Gasteiger partial charge in [0.25, 0.3) is 0 Å². The molecule has 0 radical (unpaired) electrons. The third-order valence-electron chi connectivity index (χ3n) is 6.08. The van der Waals surface area contributed by atoms with Crippen LogP contribution in [0.25, 0.3) is 11.1 Å². The summed E-state index contributed by atoms with van der Waals surface area (Å²) in [5, 5.41) is 9.90. The van der Waals surface area contributed by atoms with E-state index in [1.165, 1.54) is 0 Å². The molecule has 1 amide bonds. The van der Waals surface area contributed by atoms with Crippen molar-refractivity contribution in [3.05, 3.63) is 41.6 Å². The fraction of sp³-hybridized carbons (Fsp3) is 0.458. The second kappa shape index (κ2) is 8.94. The summed E-state index contributed by atoms with van der Waals surface area (Å²) in [6.07, 6.45) is 2.63. The molecule has 0 spiro atoms. The number of carbonyl (C=O) groups is 1. The fourth-order valence-electron chi connectivity index (χ4n) is 4.30. The Morgan fingerprint density at radius 1 is 1.32 bits per heavy atom. The Bertz CT molecular complexity index is 1010. The number of benzene rings is 1. The first-order valence-corrected chi connectivity index (χ1v) is 10.9. The molecule has 1 saturated heterocycles. The van der Waals surface area contributed by atoms with Crippen molar-refractivity contribution in [3.8, 4) is 17.2 Å². The van der Waals surface area contributed by atoms with E-state index in [0.29, 0.717) is 49.8 Å². The topological polar surface area (TPSA) is 95.5 Å². The van der Waals surface area contributed by atoms with E-state index in [2.05, 4.69) is 11.0 Å². The smallest absolute Gasteiger partial charge is 0.225 e. The van der Waals surface area contributed by atoms with E-state index in [0.717, 1.165) is 35.5 Å². The number of nitrogen functional groups attached to an aromatic ring is 1. The molecule has 2 fully saturated rings. The van der Waals surface area contributed by atoms with Crippen molar-refractivity contribution in [2.24, 2.45) is 0 Å². The number of piperazine rings is 1. The Labute approximate surface area is 183 Å². The summed E-state index contributed by atoms with van der Waals surface area (Å²) < 4.78 is 5.04. The molecule has 0 bridgehead atoms. The molecule has 4 rings (SSSR count). The Morgan fingerprint density at radius 3 is 2.77 bits per heavy atom. The maximum absolute atomic E-state index is 12.5. The third kappa shape index (κ3) is 4.49. The number of hydrogen-bond donors (Lipinski definition) is 1. The minimum absolute atomic E-state index is 0.0458. The van der Waals surface area contributed by atoms with E-state index < -0.39 is 0 Å². The predicted octanol–water partition coefficient (Wildman–Crippen LogP) is 3.15. The molecule has 7 heteroatoms. The summed E-state index contributed by atoms with van der Waals surface area (Å²) in [4.78, 5) is 21.6. The molecule has 1 aromatic carbocycles. The summed E-state index contributed by atoms with van der Waals surface area (Å²) in [6.45, 7) is 4.41. The van der Waals surface area contributed by atoms with Gasteiger partial charge < -0.3 is 20.3 Å². The Morgan fingerprint density at radius 2 is 2.13 bits per heavy atom. The average Bonchev–Trinajstić information content (AvgIpc) is 3.62. The van der Waals surface area contributed by atoms with Crippen LogP contribution in [-0.2, 0) is 9.53 Å². The van der Waals surface area contributed by atoms with Gasteiger partial charge in [-0.2, -0.15) is 5.26 Å². The maximum atomic E-state index is 12.5. The number of amides is 1. The van der Waals surface area contributed by atoms with Crippen LogP contribution in [0.2, 0.25) is 0 Å². The number of hydrogen-bond acceptors (Lipinski definition) is 6. The van der Waals surface area contributed by atoms with Crippen LogP contribution in [0, 0.1) is 11.3 Å². The molecule has 1 atom stereocenters. The second-order valence-corrected chi connectivity index (χ2v) is 8.43. The number of pyridine rings is 1. The number of nitrogens with zero attached hydrogens (tertiary/aromatic N) is 4. The highest BCUT2D eigenvalue weighted by Crippen LogP contribution is 2.45. The van der Waals surface area contributed by atoms with Gasteiger partial charge in [-0.05, 0) is 43.5 Å². The van der Waals surface area contributed by atoms with Crippen LogP contribution in [0.3, 0.4) is 0 Å². The third-order valence-corrected chi connectivity index (χ3v) is 6.08. The molecule has 2 heterocycles. The standard InChI is InChI=1S/C24H29N5O2/c1-16-15-28(9-10-29(16)22(30)8-11-31-2)24-19(14-25)13-21(23(27-24)17-6-7-17)18-4-3-5-20(26)12-18/h3-5,12-13,16-17H,6-11,15,26H2,1-2H3. The molecule has 2 N–H and O–H groups in total. The molecular formula is C24H29N5O2. The molecule has 1 aliphatic heterocycles. The van der Waals surface area contributed by atoms with Gasteiger partial charge in [0.15, 0.2) is 0 Å². The largest absolute Gasteiger partial charge is 0.399 e. The van der Waals surface area contributed by atoms with Gasteiger partial charge in [0.2, 0.25) is 5.91 Å². The van der Waals surface area contributed by atoms with Gasteiger partial charge in [0.1, 0.15) is 11.9 Å². The van der Waals surface area contributed by atoms with Gasteiger partial charge in [-0.3, -0.25) is 4.79 Å². The van der Waals surface area contributed by atoms with Gasteiger partial charge in [-0.1, -0.05) is 12.1 Å². The number of carbonyl (C=O) groups excluding carboxylic acids is 1. The monoisotopic (exact) mass is 419 g/mol. The normalized spacial score (nSPS) is 18.7. The molecule has 162 valence electrons. The Balaban J connectivity index is 1.63. The van der Waals surface area contributed by atoms with E-state index in [-0.39, 0.29) is 11.9 Å². The Hall–Kier alpha value is -3.11. The van der Waals surface area contributed by atoms with E-state index in [4.69, 9.17) is 15.5 Å². The van der Waals surface area contributed by atoms with Crippen molar-refractivity contribution in [2.45, 2.75) is 38.1 Å². The zero-order chi connectivity index (χ0) is 22.0. The lowest BCUT2D eigenvalue weighted by atomic mass is 9.98. The van der Waals surface area contributed by atoms with Gasteiger partial charge in [-0.15, -0.1) is 0 Å². The summed E-state index contributed by atoms with van der Waals surface area (Å²) in [5.41, 5.74) is 10.3. The fourth-order valence-corrected chi connectivity index (χ4v) is 4.30. The first kappa shape index (κ1) is 21.1. The van der Waals surface area contributed by atoms with Gasteiger partial charge in [0, 0.05) is 50.0 Å². The minimum atomic E-state index is 0.0458. The quantitative estimate of drug-likeness (QED) is 0.723. The molecule has 1 saturated carbocycles. The van der Waals surface area contributed by atoms with E-state index >= 15 is 0 Å². The predicted molar refractivity (Wildman–Crippen MR) is 121 cm³/mol. The Kier molecular flexibility index (Phi) is 6.10. The summed E-state index contributed by atoms with van der Waals surface area (Å²) in [6, 6.07) is 12.1. The first-order valence-electron chi connectivity index (χ1n) is 10.9. The van der Waals surface area contributed by atoms with Gasteiger partial charge in [0.05, 0.1) is 24.3 Å². The maximum Gasteiger partial charge on any atom is 0.225 e. The number of nitrogens with two attached hydrogens (primary N) is 1. The van der Waals surface area contributed by atoms with Gasteiger partial charge in [-0.25, -0.2) is 4.98 Å². The molecular weight excluding hydrogens is 390 g/mol. The molecule has 2 aliphatic rings. The van der Waals surface area contributed by atoms with Crippen molar-refractivity contribution in [1.29, 1.82) is 5.26 Å². The van der Waals surface area contributed by atoms with Crippen molar-refractivity contribution < 1.29 is 9.53 Å². The summed E-state index contributed by atoms with van der Waals surface area (Å²) in [5.74, 6) is 1.27. The second-order valence-electron chi connectivity index (χ2n) is 8.43. The lowest BCUT2D eigenvalue weighted by Crippen LogP contribution is -2.54. The number of ether oxygens (including phenoxy) is 1. The highest BCUT2D eigenvalue weighted by atomic mass is 16.5. The molecule has 2 aromatic rings. The number of methoxy groups -OCH3 is 1. The zero-order valence-electron chi connectivity index (χ0n) is 18.2. The van der Waals surface area contributed by atoms with Crippen molar-refractivity contribution >= 4 is 17.4 Å². The van der Waals surface area contributed by atoms with Crippen LogP contribution in [-0.4, -0.2) is 55.2 Å². The zero-order valence-corrected chi connectivity index (χ0v) is 18.2.